The molecule has 4 aromatic rings. The molecule has 3 heterocycles. The number of phenols is 1. The third kappa shape index (κ3) is 9.55. The number of aliphatic hydroxyl groups is 1. The lowest BCUT2D eigenvalue weighted by Gasteiger charge is -2.39. The van der Waals surface area contributed by atoms with Crippen molar-refractivity contribution in [2.75, 3.05) is 13.6 Å². The maximum absolute atomic E-state index is 13.7. The number of ether oxygens (including phenoxy) is 1. The number of unbranched alkanes of at least 4 members (excludes halogenated alkanes) is 8. The van der Waals surface area contributed by atoms with Crippen molar-refractivity contribution < 1.29 is 24.2 Å². The number of aromatic amines is 1. The molecule has 2 bridgehead atoms. The lowest BCUT2D eigenvalue weighted by molar-refractivity contribution is -0.170. The van der Waals surface area contributed by atoms with Gasteiger partial charge in [-0.1, -0.05) is 90.3 Å². The van der Waals surface area contributed by atoms with Crippen molar-refractivity contribution in [3.05, 3.63) is 85.0 Å². The van der Waals surface area contributed by atoms with Gasteiger partial charge in [-0.25, -0.2) is 4.79 Å². The number of hydrogen-bond donors (Lipinski definition) is 3. The van der Waals surface area contributed by atoms with E-state index in [2.05, 4.69) is 50.8 Å². The molecule has 2 saturated carbocycles. The first-order valence-corrected chi connectivity index (χ1v) is 25.6. The highest BCUT2D eigenvalue weighted by molar-refractivity contribution is 7.12. The van der Waals surface area contributed by atoms with Crippen LogP contribution in [-0.2, 0) is 19.6 Å². The fraction of sp³-hybridized carbons (Fsp3) is 0.600. The van der Waals surface area contributed by atoms with Gasteiger partial charge in [0.25, 0.3) is 0 Å². The van der Waals surface area contributed by atoms with E-state index in [1.165, 1.54) is 80.1 Å². The summed E-state index contributed by atoms with van der Waals surface area (Å²) in [7, 11) is 0.176. The van der Waals surface area contributed by atoms with Crippen LogP contribution in [0.4, 0.5) is 0 Å². The summed E-state index contributed by atoms with van der Waals surface area (Å²) in [6.07, 6.45) is 14.7. The molecule has 8 nitrogen and oxygen atoms in total. The van der Waals surface area contributed by atoms with E-state index < -0.39 is 19.9 Å². The summed E-state index contributed by atoms with van der Waals surface area (Å²) in [6, 6.07) is 14.8. The number of benzene rings is 1. The molecule has 0 radical (unpaired) electrons. The minimum Gasteiger partial charge on any atom is -0.506 e. The highest BCUT2D eigenvalue weighted by Crippen LogP contribution is 2.50. The maximum Gasteiger partial charge on any atom is 0.349 e. The summed E-state index contributed by atoms with van der Waals surface area (Å²) in [6.45, 7) is 12.4. The zero-order valence-corrected chi connectivity index (χ0v) is 37.0. The van der Waals surface area contributed by atoms with Gasteiger partial charge in [0.1, 0.15) is 11.9 Å². The summed E-state index contributed by atoms with van der Waals surface area (Å²) in [5.41, 5.74) is -0.442. The summed E-state index contributed by atoms with van der Waals surface area (Å²) in [4.78, 5) is 32.3. The topological polar surface area (TPSA) is 112 Å². The Morgan fingerprint density at radius 1 is 0.911 bits per heavy atom. The quantitative estimate of drug-likeness (QED) is 0.0462. The number of pyridine rings is 1. The minimum absolute atomic E-state index is 0.0710. The first-order valence-electron chi connectivity index (χ1n) is 20.9. The number of phenolic OH excluding ortho intramolecular Hbond substituents is 1. The Labute approximate surface area is 342 Å². The number of hydrogen-bond acceptors (Lipinski definition) is 9. The molecule has 0 amide bonds. The molecular weight excluding hydrogens is 757 g/mol. The van der Waals surface area contributed by atoms with Crippen LogP contribution in [0.15, 0.2) is 64.1 Å². The molecule has 2 aliphatic carbocycles. The van der Waals surface area contributed by atoms with Crippen LogP contribution in [-0.4, -0.2) is 60.1 Å². The number of thiophene rings is 2. The van der Waals surface area contributed by atoms with Crippen molar-refractivity contribution in [3.63, 3.8) is 0 Å². The second-order valence-electron chi connectivity index (χ2n) is 17.9. The van der Waals surface area contributed by atoms with Crippen LogP contribution in [0.3, 0.4) is 0 Å². The number of aromatic nitrogens is 1. The number of fused-ring (bicyclic) bond motifs is 3. The number of carbonyl (C=O) groups excluding carboxylic acids is 1. The zero-order chi connectivity index (χ0) is 40.1. The average molecular weight is 821 g/mol. The van der Waals surface area contributed by atoms with E-state index in [0.29, 0.717) is 33.1 Å². The first-order chi connectivity index (χ1) is 26.7. The Morgan fingerprint density at radius 2 is 1.54 bits per heavy atom. The molecule has 56 heavy (non-hydrogen) atoms. The molecule has 1 aromatic carbocycles. The molecule has 2 fully saturated rings. The smallest absolute Gasteiger partial charge is 0.349 e. The molecule has 5 atom stereocenters. The fourth-order valence-corrected chi connectivity index (χ4v) is 12.0. The summed E-state index contributed by atoms with van der Waals surface area (Å²) >= 11 is 2.78. The van der Waals surface area contributed by atoms with E-state index >= 15 is 0 Å². The monoisotopic (exact) mass is 820 g/mol. The van der Waals surface area contributed by atoms with Gasteiger partial charge in [-0.3, -0.25) is 4.79 Å². The second-order valence-corrected chi connectivity index (χ2v) is 24.6. The molecule has 3 aromatic heterocycles. The third-order valence-electron chi connectivity index (χ3n) is 13.1. The van der Waals surface area contributed by atoms with E-state index in [9.17, 15) is 19.8 Å². The Balaban J connectivity index is 0.897. The third-order valence-corrected chi connectivity index (χ3v) is 19.5. The molecule has 306 valence electrons. The fourth-order valence-electron chi connectivity index (χ4n) is 9.00. The van der Waals surface area contributed by atoms with Crippen molar-refractivity contribution >= 4 is 47.9 Å². The standard InChI is InChI=1S/C45H64N2O6S2Si/c1-44(2,3)56(5,6)53-36(32-23-25-35(48)41-33(32)24-26-40(49)46-41)18-14-12-10-8-7-9-11-13-15-27-47(4)42-31-21-22-34(42)37(30-31)52-43(50)45(51,38-19-16-28-54-38)39-20-17-29-55-39/h16-17,19-20,23-26,28-29,31,34,36-37,42,48,51H,7-15,18,21-22,27,30H2,1-6H3,(H,46,49)/t31?,34?,36-,37?,42?/m0/s1. The summed E-state index contributed by atoms with van der Waals surface area (Å²) < 4.78 is 13.2. The van der Waals surface area contributed by atoms with Crippen molar-refractivity contribution in [1.29, 1.82) is 0 Å². The normalized spacial score (nSPS) is 20.6. The van der Waals surface area contributed by atoms with Gasteiger partial charge in [0.05, 0.1) is 21.4 Å². The molecular formula is C45H64N2O6S2Si. The van der Waals surface area contributed by atoms with Gasteiger partial charge < -0.3 is 29.3 Å². The van der Waals surface area contributed by atoms with Crippen molar-refractivity contribution in [1.82, 2.24) is 9.88 Å². The van der Waals surface area contributed by atoms with E-state index in [-0.39, 0.29) is 28.6 Å². The van der Waals surface area contributed by atoms with E-state index in [1.807, 2.05) is 47.2 Å². The first kappa shape index (κ1) is 42.8. The van der Waals surface area contributed by atoms with Gasteiger partial charge in [-0.15, -0.1) is 22.7 Å². The van der Waals surface area contributed by atoms with Crippen molar-refractivity contribution in [3.8, 4) is 5.75 Å². The van der Waals surface area contributed by atoms with E-state index in [1.54, 1.807) is 6.07 Å². The maximum atomic E-state index is 13.7. The lowest BCUT2D eigenvalue weighted by atomic mass is 9.96. The number of carbonyl (C=O) groups is 1. The Kier molecular flexibility index (Phi) is 14.1. The van der Waals surface area contributed by atoms with E-state index in [4.69, 9.17) is 9.16 Å². The second kappa shape index (κ2) is 18.4. The van der Waals surface area contributed by atoms with Crippen LogP contribution in [0.1, 0.15) is 126 Å². The SMILES string of the molecule is CN(CCCCCCCCCCC[C@H](O[Si](C)(C)C(C)(C)C)c1ccc(O)c2[nH]c(=O)ccc12)C1C2CCC1C(OC(=O)C(O)(c1cccs1)c1cccs1)C2. The number of nitrogens with one attached hydrogen (secondary N) is 1. The molecule has 0 spiro atoms. The van der Waals surface area contributed by atoms with Crippen molar-refractivity contribution in [2.24, 2.45) is 11.8 Å². The van der Waals surface area contributed by atoms with Gasteiger partial charge in [-0.2, -0.15) is 0 Å². The van der Waals surface area contributed by atoms with E-state index in [0.717, 1.165) is 49.6 Å². The molecule has 0 saturated heterocycles. The van der Waals surface area contributed by atoms with Crippen LogP contribution in [0, 0.1) is 11.8 Å². The molecule has 3 N–H and O–H groups in total. The lowest BCUT2D eigenvalue weighted by Crippen LogP contribution is -2.42. The summed E-state index contributed by atoms with van der Waals surface area (Å²) in [5, 5.41) is 26.9. The van der Waals surface area contributed by atoms with Gasteiger partial charge in [0.2, 0.25) is 11.2 Å². The number of esters is 1. The molecule has 6 rings (SSSR count). The van der Waals surface area contributed by atoms with Gasteiger partial charge in [-0.05, 0) is 110 Å². The highest BCUT2D eigenvalue weighted by Gasteiger charge is 2.53. The molecule has 0 aliphatic heterocycles. The molecule has 4 unspecified atom stereocenters. The van der Waals surface area contributed by atoms with Gasteiger partial charge >= 0.3 is 5.97 Å². The Bertz CT molecular complexity index is 1890. The van der Waals surface area contributed by atoms with Gasteiger partial charge in [0.15, 0.2) is 8.32 Å². The molecule has 11 heteroatoms. The van der Waals surface area contributed by atoms with Crippen LogP contribution >= 0.6 is 22.7 Å². The Morgan fingerprint density at radius 3 is 2.14 bits per heavy atom. The predicted octanol–water partition coefficient (Wildman–Crippen LogP) is 10.9. The number of rotatable bonds is 20. The summed E-state index contributed by atoms with van der Waals surface area (Å²) in [5.74, 6) is 0.414. The van der Waals surface area contributed by atoms with Crippen LogP contribution in [0.2, 0.25) is 18.1 Å². The minimum atomic E-state index is -2.07. The predicted molar refractivity (Wildman–Crippen MR) is 232 cm³/mol. The average Bonchev–Trinajstić information content (AvgIpc) is 3.99. The zero-order valence-electron chi connectivity index (χ0n) is 34.4. The number of nitrogens with zero attached hydrogens (tertiary/aromatic N) is 1. The van der Waals surface area contributed by atoms with Crippen LogP contribution in [0.25, 0.3) is 10.9 Å². The Hall–Kier alpha value is -2.80. The van der Waals surface area contributed by atoms with Crippen molar-refractivity contribution in [2.45, 2.75) is 146 Å². The molecule has 2 aliphatic rings. The van der Waals surface area contributed by atoms with Gasteiger partial charge in [0, 0.05) is 23.4 Å². The number of aromatic hydroxyl groups is 1. The van der Waals surface area contributed by atoms with Crippen LogP contribution < -0.4 is 5.56 Å². The largest absolute Gasteiger partial charge is 0.506 e. The number of H-pyrrole nitrogens is 1. The van der Waals surface area contributed by atoms with Crippen LogP contribution in [0.5, 0.6) is 5.75 Å². The highest BCUT2D eigenvalue weighted by atomic mass is 32.1.